The highest BCUT2D eigenvalue weighted by Crippen LogP contribution is 2.31. The zero-order chi connectivity index (χ0) is 23.6. The van der Waals surface area contributed by atoms with Gasteiger partial charge in [0.1, 0.15) is 17.7 Å². The molecule has 0 saturated carbocycles. The topological polar surface area (TPSA) is 101 Å². The van der Waals surface area contributed by atoms with Gasteiger partial charge in [0.05, 0.1) is 13.7 Å². The van der Waals surface area contributed by atoms with E-state index in [4.69, 9.17) is 9.47 Å². The number of carbonyl (C=O) groups excluding carboxylic acids is 3. The van der Waals surface area contributed by atoms with Crippen LogP contribution in [-0.2, 0) is 32.0 Å². The second-order valence-electron chi connectivity index (χ2n) is 9.35. The smallest absolute Gasteiger partial charge is 0.411 e. The number of ether oxygens (including phenoxy) is 2. The number of nitrogens with one attached hydrogen (secondary N) is 2. The van der Waals surface area contributed by atoms with Crippen LogP contribution in [-0.4, -0.2) is 52.6 Å². The lowest BCUT2D eigenvalue weighted by molar-refractivity contribution is -0.147. The molecule has 1 aliphatic rings. The summed E-state index contributed by atoms with van der Waals surface area (Å²) in [6.07, 6.45) is 0.437. The van der Waals surface area contributed by atoms with Gasteiger partial charge >= 0.3 is 12.1 Å². The molecule has 1 unspecified atom stereocenters. The Morgan fingerprint density at radius 3 is 2.56 bits per heavy atom. The van der Waals surface area contributed by atoms with Gasteiger partial charge in [-0.1, -0.05) is 38.5 Å². The average molecular weight is 444 g/mol. The number of rotatable bonds is 5. The molecule has 2 N–H and O–H groups in total. The predicted molar refractivity (Wildman–Crippen MR) is 121 cm³/mol. The number of H-pyrrole nitrogens is 1. The number of hydrogen-bond donors (Lipinski definition) is 2. The Balaban J connectivity index is 1.96. The molecule has 3 atom stereocenters. The molecule has 0 fully saturated rings. The fraction of sp³-hybridized carbons (Fsp3) is 0.542. The van der Waals surface area contributed by atoms with Crippen molar-refractivity contribution in [2.45, 2.75) is 71.7 Å². The van der Waals surface area contributed by atoms with Crippen LogP contribution in [0.1, 0.15) is 52.3 Å². The molecule has 2 aromatic rings. The molecule has 8 heteroatoms. The van der Waals surface area contributed by atoms with Crippen molar-refractivity contribution in [1.29, 1.82) is 0 Å². The van der Waals surface area contributed by atoms with Crippen LogP contribution in [0.25, 0.3) is 10.9 Å². The molecule has 0 radical (unpaired) electrons. The molecule has 1 aliphatic heterocycles. The molecule has 0 bridgehead atoms. The molecule has 1 aromatic heterocycles. The highest BCUT2D eigenvalue weighted by atomic mass is 16.6. The van der Waals surface area contributed by atoms with E-state index in [1.165, 1.54) is 12.0 Å². The van der Waals surface area contributed by atoms with Crippen LogP contribution in [0.3, 0.4) is 0 Å². The minimum Gasteiger partial charge on any atom is -0.467 e. The molecule has 0 spiro atoms. The van der Waals surface area contributed by atoms with Gasteiger partial charge in [0, 0.05) is 23.0 Å². The third kappa shape index (κ3) is 4.89. The summed E-state index contributed by atoms with van der Waals surface area (Å²) in [5.41, 5.74) is 2.13. The van der Waals surface area contributed by atoms with Gasteiger partial charge in [0.15, 0.2) is 0 Å². The van der Waals surface area contributed by atoms with Crippen molar-refractivity contribution < 1.29 is 23.9 Å². The molecule has 32 heavy (non-hydrogen) atoms. The van der Waals surface area contributed by atoms with Crippen LogP contribution in [0.4, 0.5) is 4.79 Å². The van der Waals surface area contributed by atoms with E-state index >= 15 is 0 Å². The number of fused-ring (bicyclic) bond motifs is 3. The number of hydrogen-bond acceptors (Lipinski definition) is 5. The Hall–Kier alpha value is -3.03. The van der Waals surface area contributed by atoms with E-state index in [0.29, 0.717) is 12.8 Å². The van der Waals surface area contributed by atoms with E-state index in [1.54, 1.807) is 20.8 Å². The van der Waals surface area contributed by atoms with E-state index < -0.39 is 35.7 Å². The Kier molecular flexibility index (Phi) is 6.81. The van der Waals surface area contributed by atoms with Crippen molar-refractivity contribution in [3.05, 3.63) is 35.5 Å². The zero-order valence-electron chi connectivity index (χ0n) is 19.7. The number of carbonyl (C=O) groups is 3. The molecule has 0 saturated heterocycles. The fourth-order valence-electron chi connectivity index (χ4n) is 4.00. The summed E-state index contributed by atoms with van der Waals surface area (Å²) in [5, 5.41) is 3.86. The van der Waals surface area contributed by atoms with Gasteiger partial charge in [0.2, 0.25) is 5.91 Å². The number of nitrogens with zero attached hydrogens (tertiary/aromatic N) is 1. The molecule has 0 aliphatic carbocycles. The Morgan fingerprint density at radius 1 is 1.25 bits per heavy atom. The van der Waals surface area contributed by atoms with Crippen LogP contribution in [0, 0.1) is 5.92 Å². The maximum Gasteiger partial charge on any atom is 0.411 e. The van der Waals surface area contributed by atoms with Gasteiger partial charge in [-0.2, -0.15) is 0 Å². The summed E-state index contributed by atoms with van der Waals surface area (Å²) >= 11 is 0. The van der Waals surface area contributed by atoms with Crippen molar-refractivity contribution in [1.82, 2.24) is 15.2 Å². The maximum atomic E-state index is 13.4. The fourth-order valence-corrected chi connectivity index (χ4v) is 4.00. The minimum atomic E-state index is -0.812. The second kappa shape index (κ2) is 9.22. The number of aromatic amines is 1. The summed E-state index contributed by atoms with van der Waals surface area (Å²) in [5.74, 6) is -1.02. The molecular formula is C24H33N3O5. The monoisotopic (exact) mass is 443 g/mol. The van der Waals surface area contributed by atoms with Crippen LogP contribution < -0.4 is 5.32 Å². The van der Waals surface area contributed by atoms with Crippen molar-refractivity contribution in [3.8, 4) is 0 Å². The van der Waals surface area contributed by atoms with Crippen LogP contribution >= 0.6 is 0 Å². The Bertz CT molecular complexity index is 1010. The molecule has 2 heterocycles. The summed E-state index contributed by atoms with van der Waals surface area (Å²) < 4.78 is 10.5. The third-order valence-electron chi connectivity index (χ3n) is 5.90. The Labute approximate surface area is 188 Å². The summed E-state index contributed by atoms with van der Waals surface area (Å²) in [7, 11) is 1.30. The quantitative estimate of drug-likeness (QED) is 0.689. The predicted octanol–water partition coefficient (Wildman–Crippen LogP) is 3.53. The number of esters is 1. The number of amides is 2. The summed E-state index contributed by atoms with van der Waals surface area (Å²) in [6.45, 7) is 9.39. The van der Waals surface area contributed by atoms with Crippen LogP contribution in [0.15, 0.2) is 24.3 Å². The van der Waals surface area contributed by atoms with Crippen LogP contribution in [0.5, 0.6) is 0 Å². The van der Waals surface area contributed by atoms with Crippen molar-refractivity contribution in [3.63, 3.8) is 0 Å². The van der Waals surface area contributed by atoms with Gasteiger partial charge in [0.25, 0.3) is 0 Å². The van der Waals surface area contributed by atoms with E-state index in [9.17, 15) is 14.4 Å². The standard InChI is InChI=1S/C24H33N3O5/c1-7-14(2)20(22(29)31-6)26-21(28)19-12-16-15-10-8-9-11-17(15)25-18(16)13-27(19)23(30)32-24(3,4)5/h8-11,14,19-20,25H,7,12-13H2,1-6H3,(H,26,28)/t14?,19-,20-/m0/s1. The molecular weight excluding hydrogens is 410 g/mol. The van der Waals surface area contributed by atoms with E-state index in [2.05, 4.69) is 10.3 Å². The first-order valence-corrected chi connectivity index (χ1v) is 11.0. The lowest BCUT2D eigenvalue weighted by Crippen LogP contribution is -2.57. The summed E-state index contributed by atoms with van der Waals surface area (Å²) in [6, 6.07) is 6.25. The second-order valence-corrected chi connectivity index (χ2v) is 9.35. The first-order chi connectivity index (χ1) is 15.1. The van der Waals surface area contributed by atoms with Gasteiger partial charge in [-0.25, -0.2) is 9.59 Å². The zero-order valence-corrected chi connectivity index (χ0v) is 19.7. The first-order valence-electron chi connectivity index (χ1n) is 11.0. The minimum absolute atomic E-state index is 0.117. The first kappa shape index (κ1) is 23.6. The van der Waals surface area contributed by atoms with Gasteiger partial charge in [-0.15, -0.1) is 0 Å². The third-order valence-corrected chi connectivity index (χ3v) is 5.90. The molecule has 8 nitrogen and oxygen atoms in total. The van der Waals surface area contributed by atoms with Crippen molar-refractivity contribution in [2.24, 2.45) is 5.92 Å². The number of para-hydroxylation sites is 1. The Morgan fingerprint density at radius 2 is 1.94 bits per heavy atom. The highest BCUT2D eigenvalue weighted by molar-refractivity contribution is 5.92. The van der Waals surface area contributed by atoms with Crippen molar-refractivity contribution in [2.75, 3.05) is 7.11 Å². The van der Waals surface area contributed by atoms with E-state index in [1.807, 2.05) is 38.1 Å². The molecule has 1 aromatic carbocycles. The molecule has 174 valence electrons. The number of aromatic nitrogens is 1. The molecule has 2 amide bonds. The van der Waals surface area contributed by atoms with E-state index in [0.717, 1.165) is 22.2 Å². The molecule has 3 rings (SSSR count). The van der Waals surface area contributed by atoms with Gasteiger partial charge < -0.3 is 19.8 Å². The van der Waals surface area contributed by atoms with Gasteiger partial charge in [-0.3, -0.25) is 9.69 Å². The highest BCUT2D eigenvalue weighted by Gasteiger charge is 2.40. The van der Waals surface area contributed by atoms with Gasteiger partial charge in [-0.05, 0) is 38.3 Å². The number of methoxy groups -OCH3 is 1. The van der Waals surface area contributed by atoms with Crippen LogP contribution in [0.2, 0.25) is 0 Å². The number of benzene rings is 1. The van der Waals surface area contributed by atoms with Crippen molar-refractivity contribution >= 4 is 28.9 Å². The largest absolute Gasteiger partial charge is 0.467 e. The van der Waals surface area contributed by atoms with E-state index in [-0.39, 0.29) is 12.5 Å². The maximum absolute atomic E-state index is 13.4. The lowest BCUT2D eigenvalue weighted by Gasteiger charge is -2.36. The normalized spacial score (nSPS) is 17.9. The average Bonchev–Trinajstić information content (AvgIpc) is 3.11. The lowest BCUT2D eigenvalue weighted by atomic mass is 9.94. The SMILES string of the molecule is CCC(C)[C@H](NC(=O)[C@@H]1Cc2c([nH]c3ccccc23)CN1C(=O)OC(C)(C)C)C(=O)OC. The summed E-state index contributed by atoms with van der Waals surface area (Å²) in [4.78, 5) is 43.6.